The Balaban J connectivity index is 1.25. The van der Waals surface area contributed by atoms with Gasteiger partial charge in [0.2, 0.25) is 0 Å². The fourth-order valence-electron chi connectivity index (χ4n) is 5.11. The topological polar surface area (TPSA) is 177 Å². The van der Waals surface area contributed by atoms with Crippen LogP contribution < -0.4 is 31.9 Å². The summed E-state index contributed by atoms with van der Waals surface area (Å²) in [7, 11) is 0. The zero-order valence-corrected chi connectivity index (χ0v) is 26.4. The molecule has 0 heterocycles. The lowest BCUT2D eigenvalue weighted by molar-refractivity contribution is 0.0723. The van der Waals surface area contributed by atoms with Crippen LogP contribution in [0.2, 0.25) is 0 Å². The van der Waals surface area contributed by atoms with Gasteiger partial charge in [-0.1, -0.05) is 51.4 Å². The molecular weight excluding hydrogens is 572 g/mol. The van der Waals surface area contributed by atoms with Gasteiger partial charge in [-0.25, -0.2) is 19.2 Å². The lowest BCUT2D eigenvalue weighted by Gasteiger charge is -2.22. The largest absolute Gasteiger partial charge is 0.447 e. The van der Waals surface area contributed by atoms with E-state index in [4.69, 9.17) is 18.9 Å². The van der Waals surface area contributed by atoms with Gasteiger partial charge in [-0.3, -0.25) is 0 Å². The first-order valence-electron chi connectivity index (χ1n) is 16.6. The molecular formula is C30H56N6O8. The smallest absolute Gasteiger partial charge is 0.407 e. The summed E-state index contributed by atoms with van der Waals surface area (Å²) in [5, 5.41) is 16.8. The molecule has 0 atom stereocenters. The third-order valence-corrected chi connectivity index (χ3v) is 7.51. The Morgan fingerprint density at radius 2 is 0.841 bits per heavy atom. The summed E-state index contributed by atoms with van der Waals surface area (Å²) in [5.74, 6) is 0. The molecule has 2 rings (SSSR count). The predicted octanol–water partition coefficient (Wildman–Crippen LogP) is 3.30. The first kappa shape index (κ1) is 37.2. The molecule has 2 saturated carbocycles. The molecule has 14 heteroatoms. The number of ether oxygens (including phenoxy) is 4. The maximum atomic E-state index is 11.8. The van der Waals surface area contributed by atoms with Crippen LogP contribution in [0.25, 0.3) is 0 Å². The van der Waals surface area contributed by atoms with Gasteiger partial charge in [-0.2, -0.15) is 0 Å². The Hall–Kier alpha value is -3.00. The van der Waals surface area contributed by atoms with Crippen LogP contribution in [0.4, 0.5) is 19.2 Å². The lowest BCUT2D eigenvalue weighted by Crippen LogP contribution is -2.38. The number of rotatable bonds is 21. The van der Waals surface area contributed by atoms with E-state index in [9.17, 15) is 19.2 Å². The molecule has 0 spiro atoms. The van der Waals surface area contributed by atoms with E-state index in [-0.39, 0.29) is 50.6 Å². The van der Waals surface area contributed by atoms with Crippen LogP contribution in [0.3, 0.4) is 0 Å². The van der Waals surface area contributed by atoms with Crippen molar-refractivity contribution in [3.05, 3.63) is 0 Å². The first-order valence-corrected chi connectivity index (χ1v) is 16.6. The molecule has 0 aliphatic heterocycles. The number of hydrogen-bond donors (Lipinski definition) is 6. The molecule has 0 saturated heterocycles. The Labute approximate surface area is 262 Å². The number of unbranched alkanes of at least 4 members (excludes halogenated alkanes) is 3. The first-order chi connectivity index (χ1) is 21.5. The minimum atomic E-state index is -0.395. The summed E-state index contributed by atoms with van der Waals surface area (Å²) in [4.78, 5) is 47.2. The van der Waals surface area contributed by atoms with Gasteiger partial charge in [0.1, 0.15) is 13.2 Å². The van der Waals surface area contributed by atoms with E-state index < -0.39 is 12.2 Å². The van der Waals surface area contributed by atoms with Gasteiger partial charge in [-0.15, -0.1) is 0 Å². The minimum absolute atomic E-state index is 0.180. The highest BCUT2D eigenvalue weighted by atomic mass is 16.6. The van der Waals surface area contributed by atoms with Crippen LogP contribution in [0.1, 0.15) is 89.9 Å². The molecule has 0 radical (unpaired) electrons. The molecule has 254 valence electrons. The Kier molecular flexibility index (Phi) is 21.4. The molecule has 2 aliphatic rings. The highest BCUT2D eigenvalue weighted by Gasteiger charge is 2.17. The number of carbonyl (C=O) groups is 4. The fraction of sp³-hybridized carbons (Fsp3) is 0.867. The van der Waals surface area contributed by atoms with Crippen LogP contribution in [-0.4, -0.2) is 102 Å². The zero-order chi connectivity index (χ0) is 31.5. The van der Waals surface area contributed by atoms with Gasteiger partial charge in [0, 0.05) is 38.3 Å². The molecule has 2 fully saturated rings. The maximum absolute atomic E-state index is 11.8. The Morgan fingerprint density at radius 1 is 0.455 bits per heavy atom. The summed E-state index contributed by atoms with van der Waals surface area (Å²) in [6, 6.07) is -0.0455. The Bertz CT molecular complexity index is 729. The van der Waals surface area contributed by atoms with Crippen molar-refractivity contribution in [3.8, 4) is 0 Å². The van der Waals surface area contributed by atoms with Crippen molar-refractivity contribution in [2.45, 2.75) is 102 Å². The van der Waals surface area contributed by atoms with E-state index in [1.807, 2.05) is 0 Å². The summed E-state index contributed by atoms with van der Waals surface area (Å²) in [6.07, 6.45) is 13.9. The van der Waals surface area contributed by atoms with Crippen molar-refractivity contribution in [1.82, 2.24) is 31.9 Å². The molecule has 0 aromatic rings. The number of alkyl carbamates (subject to hydrolysis) is 2. The van der Waals surface area contributed by atoms with Gasteiger partial charge in [-0.05, 0) is 38.5 Å². The predicted molar refractivity (Wildman–Crippen MR) is 166 cm³/mol. The van der Waals surface area contributed by atoms with Gasteiger partial charge in [0.25, 0.3) is 0 Å². The molecule has 6 amide bonds. The average molecular weight is 629 g/mol. The van der Waals surface area contributed by atoms with E-state index in [1.165, 1.54) is 12.8 Å². The van der Waals surface area contributed by atoms with E-state index >= 15 is 0 Å². The molecule has 0 unspecified atom stereocenters. The van der Waals surface area contributed by atoms with E-state index in [2.05, 4.69) is 31.9 Å². The van der Waals surface area contributed by atoms with Crippen molar-refractivity contribution in [2.75, 3.05) is 65.8 Å². The molecule has 44 heavy (non-hydrogen) atoms. The molecule has 6 N–H and O–H groups in total. The second-order valence-electron chi connectivity index (χ2n) is 11.2. The van der Waals surface area contributed by atoms with Gasteiger partial charge >= 0.3 is 24.2 Å². The molecule has 14 nitrogen and oxygen atoms in total. The zero-order valence-electron chi connectivity index (χ0n) is 26.4. The third kappa shape index (κ3) is 20.8. The van der Waals surface area contributed by atoms with E-state index in [0.29, 0.717) is 39.4 Å². The SMILES string of the molecule is O=C(NCCCCCCNC(=O)NCCOCCOC(=O)NC1CCCCC1)NCCOCCOC(=O)NC1CCCCC1. The number of amides is 6. The molecule has 0 aromatic carbocycles. The highest BCUT2D eigenvalue weighted by molar-refractivity contribution is 5.74. The highest BCUT2D eigenvalue weighted by Crippen LogP contribution is 2.18. The number of hydrogen-bond acceptors (Lipinski definition) is 8. The summed E-state index contributed by atoms with van der Waals surface area (Å²) < 4.78 is 21.0. The number of carbonyl (C=O) groups excluding carboxylic acids is 4. The van der Waals surface area contributed by atoms with Crippen LogP contribution in [0.15, 0.2) is 0 Å². The van der Waals surface area contributed by atoms with Crippen LogP contribution in [-0.2, 0) is 18.9 Å². The number of urea groups is 2. The molecule has 0 bridgehead atoms. The monoisotopic (exact) mass is 628 g/mol. The average Bonchev–Trinajstić information content (AvgIpc) is 3.02. The molecule has 0 aromatic heterocycles. The third-order valence-electron chi connectivity index (χ3n) is 7.51. The normalized spacial score (nSPS) is 15.5. The maximum Gasteiger partial charge on any atom is 0.407 e. The van der Waals surface area contributed by atoms with Crippen molar-refractivity contribution in [1.29, 1.82) is 0 Å². The van der Waals surface area contributed by atoms with Crippen molar-refractivity contribution in [2.24, 2.45) is 0 Å². The summed E-state index contributed by atoms with van der Waals surface area (Å²) in [5.41, 5.74) is 0. The van der Waals surface area contributed by atoms with E-state index in [1.54, 1.807) is 0 Å². The quantitative estimate of drug-likeness (QED) is 0.105. The Morgan fingerprint density at radius 3 is 1.25 bits per heavy atom. The van der Waals surface area contributed by atoms with Gasteiger partial charge < -0.3 is 50.8 Å². The van der Waals surface area contributed by atoms with Gasteiger partial charge in [0.05, 0.1) is 26.4 Å². The summed E-state index contributed by atoms with van der Waals surface area (Å²) >= 11 is 0. The van der Waals surface area contributed by atoms with Gasteiger partial charge in [0.15, 0.2) is 0 Å². The lowest BCUT2D eigenvalue weighted by atomic mass is 9.96. The molecule has 2 aliphatic carbocycles. The van der Waals surface area contributed by atoms with Crippen molar-refractivity contribution in [3.63, 3.8) is 0 Å². The second kappa shape index (κ2) is 25.3. The van der Waals surface area contributed by atoms with Crippen LogP contribution >= 0.6 is 0 Å². The van der Waals surface area contributed by atoms with Crippen LogP contribution in [0.5, 0.6) is 0 Å². The second-order valence-corrected chi connectivity index (χ2v) is 11.2. The van der Waals surface area contributed by atoms with E-state index in [0.717, 1.165) is 77.0 Å². The fourth-order valence-corrected chi connectivity index (χ4v) is 5.11. The standard InChI is InChI=1S/C30H56N6O8/c37-27(33-17-19-41-21-23-43-29(39)35-25-11-5-3-6-12-25)31-15-9-1-2-10-16-32-28(38)34-18-20-42-22-24-44-30(40)36-26-13-7-4-8-14-26/h25-26H,1-24H2,(H,35,39)(H,36,40)(H2,31,33,37)(H2,32,34,38). The summed E-state index contributed by atoms with van der Waals surface area (Å²) in [6.45, 7) is 3.48. The van der Waals surface area contributed by atoms with Crippen LogP contribution in [0, 0.1) is 0 Å². The minimum Gasteiger partial charge on any atom is -0.447 e. The van der Waals surface area contributed by atoms with Crippen molar-refractivity contribution >= 4 is 24.2 Å². The van der Waals surface area contributed by atoms with Crippen molar-refractivity contribution < 1.29 is 38.1 Å². The number of nitrogens with one attached hydrogen (secondary N) is 6.